The van der Waals surface area contributed by atoms with Crippen molar-refractivity contribution in [3.8, 4) is 9.88 Å². The standard InChI is InChI=1S/C22H24N4O3S2/c1-3-29-22(28)16-7-8-18(23-14-16)25-9-5-10-26(12-11-25)21(27)19-15(2)24-20(31-19)17-6-4-13-30-17/h4,6-8,13-14H,3,5,9-12H2,1-2H3. The van der Waals surface area contributed by atoms with Crippen molar-refractivity contribution in [1.82, 2.24) is 14.9 Å². The molecule has 0 spiro atoms. The highest BCUT2D eigenvalue weighted by Crippen LogP contribution is 2.32. The second-order valence-corrected chi connectivity index (χ2v) is 9.12. The van der Waals surface area contributed by atoms with Crippen LogP contribution in [0.1, 0.15) is 39.1 Å². The molecular formula is C22H24N4O3S2. The summed E-state index contributed by atoms with van der Waals surface area (Å²) in [6, 6.07) is 7.60. The van der Waals surface area contributed by atoms with E-state index in [0.29, 0.717) is 36.7 Å². The Morgan fingerprint density at radius 2 is 2.03 bits per heavy atom. The van der Waals surface area contributed by atoms with Crippen LogP contribution in [0.15, 0.2) is 35.8 Å². The van der Waals surface area contributed by atoms with E-state index in [1.165, 1.54) is 11.3 Å². The first-order valence-corrected chi connectivity index (χ1v) is 11.9. The minimum atomic E-state index is -0.365. The summed E-state index contributed by atoms with van der Waals surface area (Å²) in [7, 11) is 0. The molecular weight excluding hydrogens is 432 g/mol. The molecule has 1 aliphatic heterocycles. The molecule has 1 fully saturated rings. The maximum atomic E-state index is 13.2. The van der Waals surface area contributed by atoms with E-state index < -0.39 is 0 Å². The molecule has 4 heterocycles. The fraction of sp³-hybridized carbons (Fsp3) is 0.364. The third-order valence-electron chi connectivity index (χ3n) is 5.09. The molecule has 4 rings (SSSR count). The van der Waals surface area contributed by atoms with Crippen LogP contribution in [0.25, 0.3) is 9.88 Å². The van der Waals surface area contributed by atoms with Gasteiger partial charge in [0.2, 0.25) is 0 Å². The van der Waals surface area contributed by atoms with Gasteiger partial charge in [-0.05, 0) is 43.8 Å². The van der Waals surface area contributed by atoms with Gasteiger partial charge < -0.3 is 14.5 Å². The van der Waals surface area contributed by atoms with Gasteiger partial charge in [-0.3, -0.25) is 4.79 Å². The van der Waals surface area contributed by atoms with Crippen LogP contribution in [-0.2, 0) is 4.74 Å². The number of amides is 1. The predicted octanol–water partition coefficient (Wildman–Crippen LogP) is 4.10. The Morgan fingerprint density at radius 1 is 1.16 bits per heavy atom. The van der Waals surface area contributed by atoms with Crippen LogP contribution in [0.4, 0.5) is 5.82 Å². The van der Waals surface area contributed by atoms with E-state index in [2.05, 4.69) is 14.9 Å². The van der Waals surface area contributed by atoms with E-state index in [9.17, 15) is 9.59 Å². The Labute approximate surface area is 189 Å². The molecule has 0 aromatic carbocycles. The third kappa shape index (κ3) is 4.77. The number of carbonyl (C=O) groups is 2. The second-order valence-electron chi connectivity index (χ2n) is 7.17. The van der Waals surface area contributed by atoms with Crippen LogP contribution < -0.4 is 4.90 Å². The fourth-order valence-corrected chi connectivity index (χ4v) is 5.33. The van der Waals surface area contributed by atoms with Gasteiger partial charge in [-0.2, -0.15) is 0 Å². The Balaban J connectivity index is 1.42. The van der Waals surface area contributed by atoms with Crippen LogP contribution in [-0.4, -0.2) is 59.5 Å². The molecule has 0 aliphatic carbocycles. The lowest BCUT2D eigenvalue weighted by Crippen LogP contribution is -2.35. The maximum Gasteiger partial charge on any atom is 0.339 e. The summed E-state index contributed by atoms with van der Waals surface area (Å²) in [5.41, 5.74) is 1.23. The molecule has 1 aliphatic rings. The van der Waals surface area contributed by atoms with Crippen molar-refractivity contribution in [2.24, 2.45) is 0 Å². The van der Waals surface area contributed by atoms with E-state index >= 15 is 0 Å². The molecule has 7 nitrogen and oxygen atoms in total. The van der Waals surface area contributed by atoms with E-state index in [1.54, 1.807) is 30.5 Å². The summed E-state index contributed by atoms with van der Waals surface area (Å²) in [5.74, 6) is 0.484. The van der Waals surface area contributed by atoms with E-state index in [1.807, 2.05) is 35.4 Å². The summed E-state index contributed by atoms with van der Waals surface area (Å²) in [4.78, 5) is 39.9. The van der Waals surface area contributed by atoms with Gasteiger partial charge in [-0.15, -0.1) is 22.7 Å². The Morgan fingerprint density at radius 3 is 2.74 bits per heavy atom. The largest absolute Gasteiger partial charge is 0.462 e. The van der Waals surface area contributed by atoms with Crippen LogP contribution >= 0.6 is 22.7 Å². The van der Waals surface area contributed by atoms with Gasteiger partial charge in [0, 0.05) is 32.4 Å². The molecule has 1 saturated heterocycles. The number of thiazole rings is 1. The Hall–Kier alpha value is -2.78. The highest BCUT2D eigenvalue weighted by atomic mass is 32.1. The molecule has 0 atom stereocenters. The van der Waals surface area contributed by atoms with Gasteiger partial charge in [-0.1, -0.05) is 6.07 Å². The molecule has 0 N–H and O–H groups in total. The van der Waals surface area contributed by atoms with Crippen molar-refractivity contribution in [1.29, 1.82) is 0 Å². The minimum Gasteiger partial charge on any atom is -0.462 e. The molecule has 0 radical (unpaired) electrons. The first-order chi connectivity index (χ1) is 15.1. The van der Waals surface area contributed by atoms with Crippen molar-refractivity contribution >= 4 is 40.4 Å². The molecule has 3 aromatic rings. The highest BCUT2D eigenvalue weighted by molar-refractivity contribution is 7.22. The lowest BCUT2D eigenvalue weighted by molar-refractivity contribution is 0.0525. The number of aryl methyl sites for hydroxylation is 1. The third-order valence-corrected chi connectivity index (χ3v) is 7.27. The number of nitrogens with zero attached hydrogens (tertiary/aromatic N) is 4. The summed E-state index contributed by atoms with van der Waals surface area (Å²) in [5, 5.41) is 2.92. The first-order valence-electron chi connectivity index (χ1n) is 10.3. The highest BCUT2D eigenvalue weighted by Gasteiger charge is 2.25. The fourth-order valence-electron chi connectivity index (χ4n) is 3.50. The van der Waals surface area contributed by atoms with Gasteiger partial charge in [0.15, 0.2) is 0 Å². The Bertz CT molecular complexity index is 1050. The number of rotatable bonds is 5. The summed E-state index contributed by atoms with van der Waals surface area (Å²) < 4.78 is 5.01. The van der Waals surface area contributed by atoms with Crippen LogP contribution in [0.2, 0.25) is 0 Å². The van der Waals surface area contributed by atoms with Gasteiger partial charge in [-0.25, -0.2) is 14.8 Å². The monoisotopic (exact) mass is 456 g/mol. The topological polar surface area (TPSA) is 75.6 Å². The predicted molar refractivity (Wildman–Crippen MR) is 123 cm³/mol. The maximum absolute atomic E-state index is 13.2. The van der Waals surface area contributed by atoms with E-state index in [4.69, 9.17) is 4.74 Å². The van der Waals surface area contributed by atoms with Gasteiger partial charge in [0.25, 0.3) is 5.91 Å². The van der Waals surface area contributed by atoms with Gasteiger partial charge in [0.1, 0.15) is 15.7 Å². The van der Waals surface area contributed by atoms with Crippen molar-refractivity contribution in [2.75, 3.05) is 37.7 Å². The molecule has 9 heteroatoms. The van der Waals surface area contributed by atoms with Crippen LogP contribution in [0.3, 0.4) is 0 Å². The number of aromatic nitrogens is 2. The first kappa shape index (κ1) is 21.5. The van der Waals surface area contributed by atoms with Gasteiger partial charge >= 0.3 is 5.97 Å². The average molecular weight is 457 g/mol. The lowest BCUT2D eigenvalue weighted by atomic mass is 10.2. The molecule has 0 unspecified atom stereocenters. The molecule has 162 valence electrons. The van der Waals surface area contributed by atoms with Crippen LogP contribution in [0.5, 0.6) is 0 Å². The van der Waals surface area contributed by atoms with Crippen molar-refractivity contribution in [3.05, 3.63) is 52.0 Å². The number of ether oxygens (including phenoxy) is 1. The lowest BCUT2D eigenvalue weighted by Gasteiger charge is -2.22. The van der Waals surface area contributed by atoms with E-state index in [0.717, 1.165) is 34.4 Å². The quantitative estimate of drug-likeness (QED) is 0.538. The second kappa shape index (κ2) is 9.57. The number of pyridine rings is 1. The number of hydrogen-bond donors (Lipinski definition) is 0. The Kier molecular flexibility index (Phi) is 6.62. The summed E-state index contributed by atoms with van der Waals surface area (Å²) in [6.45, 7) is 6.82. The number of thiophene rings is 1. The molecule has 31 heavy (non-hydrogen) atoms. The number of anilines is 1. The zero-order valence-electron chi connectivity index (χ0n) is 17.5. The summed E-state index contributed by atoms with van der Waals surface area (Å²) in [6.07, 6.45) is 2.40. The van der Waals surface area contributed by atoms with E-state index in [-0.39, 0.29) is 11.9 Å². The molecule has 1 amide bonds. The average Bonchev–Trinajstić information content (AvgIpc) is 3.37. The zero-order valence-corrected chi connectivity index (χ0v) is 19.2. The number of carbonyl (C=O) groups excluding carboxylic acids is 2. The van der Waals surface area contributed by atoms with Crippen molar-refractivity contribution < 1.29 is 14.3 Å². The number of hydrogen-bond acceptors (Lipinski definition) is 8. The zero-order chi connectivity index (χ0) is 21.8. The molecule has 0 saturated carbocycles. The molecule has 3 aromatic heterocycles. The van der Waals surface area contributed by atoms with Crippen molar-refractivity contribution in [3.63, 3.8) is 0 Å². The summed E-state index contributed by atoms with van der Waals surface area (Å²) >= 11 is 3.10. The smallest absolute Gasteiger partial charge is 0.339 e. The minimum absolute atomic E-state index is 0.0466. The molecule has 0 bridgehead atoms. The van der Waals surface area contributed by atoms with Crippen molar-refractivity contribution in [2.45, 2.75) is 20.3 Å². The normalized spacial score (nSPS) is 14.4. The van der Waals surface area contributed by atoms with Crippen LogP contribution in [0, 0.1) is 6.92 Å². The van der Waals surface area contributed by atoms with Gasteiger partial charge in [0.05, 0.1) is 22.7 Å². The SMILES string of the molecule is CCOC(=O)c1ccc(N2CCCN(C(=O)c3sc(-c4cccs4)nc3C)CC2)nc1. The number of esters is 1.